The largest absolute Gasteiger partial charge is 0.418 e. The van der Waals surface area contributed by atoms with E-state index in [4.69, 9.17) is 4.43 Å². The van der Waals surface area contributed by atoms with Crippen molar-refractivity contribution in [3.8, 4) is 0 Å². The van der Waals surface area contributed by atoms with Gasteiger partial charge in [0.1, 0.15) is 0 Å². The van der Waals surface area contributed by atoms with Gasteiger partial charge in [0.15, 0.2) is 8.32 Å². The molecule has 0 N–H and O–H groups in total. The molecule has 0 aromatic carbocycles. The van der Waals surface area contributed by atoms with Crippen LogP contribution < -0.4 is 0 Å². The number of hydrogen-bond donors (Lipinski definition) is 0. The smallest absolute Gasteiger partial charge is 0.186 e. The molecular formula is C12H26OSi. The minimum absolute atomic E-state index is 0.905. The Kier molecular flexibility index (Phi) is 5.17. The molecule has 1 saturated carbocycles. The second kappa shape index (κ2) is 5.91. The molecule has 0 radical (unpaired) electrons. The third-order valence-electron chi connectivity index (χ3n) is 3.40. The highest BCUT2D eigenvalue weighted by molar-refractivity contribution is 6.71. The predicted octanol–water partition coefficient (Wildman–Crippen LogP) is 4.20. The van der Waals surface area contributed by atoms with Crippen LogP contribution in [0.2, 0.25) is 19.1 Å². The Morgan fingerprint density at radius 3 is 2.43 bits per heavy atom. The molecule has 1 nitrogen and oxygen atoms in total. The van der Waals surface area contributed by atoms with Crippen LogP contribution in [0.1, 0.15) is 45.4 Å². The van der Waals surface area contributed by atoms with Crippen LogP contribution in [0, 0.1) is 5.92 Å². The monoisotopic (exact) mass is 214 g/mol. The highest BCUT2D eigenvalue weighted by Crippen LogP contribution is 2.30. The summed E-state index contributed by atoms with van der Waals surface area (Å²) in [4.78, 5) is 0. The maximum atomic E-state index is 5.83. The zero-order chi connectivity index (χ0) is 10.4. The second-order valence-corrected chi connectivity index (χ2v) is 9.54. The third-order valence-corrected chi connectivity index (χ3v) is 6.03. The first-order valence-electron chi connectivity index (χ1n) is 6.28. The maximum absolute atomic E-state index is 5.83. The van der Waals surface area contributed by atoms with E-state index in [1.807, 2.05) is 0 Å². The normalized spacial score (nSPS) is 19.1. The summed E-state index contributed by atoms with van der Waals surface area (Å²) in [7, 11) is -1.28. The average molecular weight is 214 g/mol. The lowest BCUT2D eigenvalue weighted by Gasteiger charge is -2.22. The Morgan fingerprint density at radius 2 is 1.86 bits per heavy atom. The van der Waals surface area contributed by atoms with Gasteiger partial charge in [0.05, 0.1) is 0 Å². The van der Waals surface area contributed by atoms with Gasteiger partial charge >= 0.3 is 0 Å². The van der Waals surface area contributed by atoms with Crippen LogP contribution in [-0.2, 0) is 4.43 Å². The van der Waals surface area contributed by atoms with Gasteiger partial charge in [0.25, 0.3) is 0 Å². The molecule has 14 heavy (non-hydrogen) atoms. The fourth-order valence-electron chi connectivity index (χ4n) is 2.58. The molecule has 1 rings (SSSR count). The van der Waals surface area contributed by atoms with E-state index in [0.29, 0.717) is 0 Å². The van der Waals surface area contributed by atoms with Gasteiger partial charge in [0, 0.05) is 6.61 Å². The summed E-state index contributed by atoms with van der Waals surface area (Å²) in [5, 5.41) is 0. The lowest BCUT2D eigenvalue weighted by molar-refractivity contribution is 0.326. The molecule has 0 aliphatic heterocycles. The third kappa shape index (κ3) is 4.60. The molecule has 1 fully saturated rings. The van der Waals surface area contributed by atoms with Crippen molar-refractivity contribution >= 4 is 8.32 Å². The lowest BCUT2D eigenvalue weighted by Crippen LogP contribution is -2.30. The first kappa shape index (κ1) is 12.2. The van der Waals surface area contributed by atoms with Gasteiger partial charge in [-0.3, -0.25) is 0 Å². The average Bonchev–Trinajstić information content (AvgIpc) is 2.56. The molecule has 1 aliphatic rings. The van der Waals surface area contributed by atoms with Crippen molar-refractivity contribution in [1.82, 2.24) is 0 Å². The van der Waals surface area contributed by atoms with E-state index in [-0.39, 0.29) is 0 Å². The Labute approximate surface area is 90.4 Å². The van der Waals surface area contributed by atoms with Crippen molar-refractivity contribution in [3.05, 3.63) is 0 Å². The first-order valence-corrected chi connectivity index (χ1v) is 9.39. The fourth-order valence-corrected chi connectivity index (χ4v) is 4.56. The molecule has 0 heterocycles. The van der Waals surface area contributed by atoms with Gasteiger partial charge in [0.2, 0.25) is 0 Å². The zero-order valence-electron chi connectivity index (χ0n) is 10.1. The summed E-state index contributed by atoms with van der Waals surface area (Å²) in [6, 6.07) is 1.36. The van der Waals surface area contributed by atoms with E-state index in [1.54, 1.807) is 0 Å². The maximum Gasteiger partial charge on any atom is 0.186 e. The van der Waals surface area contributed by atoms with Crippen molar-refractivity contribution in [3.63, 3.8) is 0 Å². The molecule has 0 aromatic heterocycles. The van der Waals surface area contributed by atoms with Crippen molar-refractivity contribution in [2.45, 2.75) is 64.6 Å². The molecule has 0 unspecified atom stereocenters. The zero-order valence-corrected chi connectivity index (χ0v) is 11.1. The van der Waals surface area contributed by atoms with E-state index in [9.17, 15) is 0 Å². The summed E-state index contributed by atoms with van der Waals surface area (Å²) in [5.74, 6) is 1.06. The fraction of sp³-hybridized carbons (Fsp3) is 1.00. The van der Waals surface area contributed by atoms with Crippen molar-refractivity contribution in [1.29, 1.82) is 0 Å². The highest BCUT2D eigenvalue weighted by Gasteiger charge is 2.22. The van der Waals surface area contributed by atoms with Gasteiger partial charge in [-0.05, 0) is 32.0 Å². The summed E-state index contributed by atoms with van der Waals surface area (Å²) in [6.45, 7) is 7.73. The van der Waals surface area contributed by atoms with Crippen LogP contribution in [0.25, 0.3) is 0 Å². The molecule has 0 aromatic rings. The van der Waals surface area contributed by atoms with Gasteiger partial charge in [-0.2, -0.15) is 0 Å². The molecular weight excluding hydrogens is 188 g/mol. The Morgan fingerprint density at radius 1 is 1.21 bits per heavy atom. The molecule has 0 spiro atoms. The van der Waals surface area contributed by atoms with Gasteiger partial charge in [-0.25, -0.2) is 0 Å². The number of hydrogen-bond acceptors (Lipinski definition) is 1. The van der Waals surface area contributed by atoms with Gasteiger partial charge in [-0.15, -0.1) is 0 Å². The van der Waals surface area contributed by atoms with Crippen molar-refractivity contribution in [2.75, 3.05) is 6.61 Å². The summed E-state index contributed by atoms with van der Waals surface area (Å²) in [5.41, 5.74) is 0. The van der Waals surface area contributed by atoms with E-state index in [0.717, 1.165) is 12.5 Å². The molecule has 0 saturated heterocycles. The molecule has 0 atom stereocenters. The predicted molar refractivity (Wildman–Crippen MR) is 65.1 cm³/mol. The molecule has 84 valence electrons. The van der Waals surface area contributed by atoms with E-state index in [1.165, 1.54) is 44.6 Å². The topological polar surface area (TPSA) is 9.23 Å². The van der Waals surface area contributed by atoms with Gasteiger partial charge in [-0.1, -0.05) is 38.5 Å². The Hall–Kier alpha value is 0.177. The minimum Gasteiger partial charge on any atom is -0.418 e. The van der Waals surface area contributed by atoms with E-state index in [2.05, 4.69) is 20.0 Å². The number of rotatable bonds is 6. The standard InChI is InChI=1S/C12H26OSi/c1-4-13-14(2,3)11-7-10-12-8-5-6-9-12/h12H,4-11H2,1-3H3. The SMILES string of the molecule is CCO[Si](C)(C)CCCC1CCCC1. The van der Waals surface area contributed by atoms with Crippen LogP contribution in [-0.4, -0.2) is 14.9 Å². The first-order chi connectivity index (χ1) is 6.64. The van der Waals surface area contributed by atoms with Crippen LogP contribution in [0.5, 0.6) is 0 Å². The molecule has 0 amide bonds. The summed E-state index contributed by atoms with van der Waals surface area (Å²) in [6.07, 6.45) is 8.83. The van der Waals surface area contributed by atoms with Crippen LogP contribution in [0.3, 0.4) is 0 Å². The molecule has 2 heteroatoms. The van der Waals surface area contributed by atoms with Crippen LogP contribution >= 0.6 is 0 Å². The van der Waals surface area contributed by atoms with E-state index < -0.39 is 8.32 Å². The minimum atomic E-state index is -1.28. The van der Waals surface area contributed by atoms with Crippen molar-refractivity contribution in [2.24, 2.45) is 5.92 Å². The molecule has 0 bridgehead atoms. The van der Waals surface area contributed by atoms with Gasteiger partial charge < -0.3 is 4.43 Å². The quantitative estimate of drug-likeness (QED) is 0.602. The lowest BCUT2D eigenvalue weighted by atomic mass is 10.0. The Bertz CT molecular complexity index is 150. The summed E-state index contributed by atoms with van der Waals surface area (Å²) < 4.78 is 5.83. The highest BCUT2D eigenvalue weighted by atomic mass is 28.4. The summed E-state index contributed by atoms with van der Waals surface area (Å²) >= 11 is 0. The Balaban J connectivity index is 2.07. The van der Waals surface area contributed by atoms with E-state index >= 15 is 0 Å². The second-order valence-electron chi connectivity index (χ2n) is 5.24. The van der Waals surface area contributed by atoms with Crippen LogP contribution in [0.4, 0.5) is 0 Å². The van der Waals surface area contributed by atoms with Crippen LogP contribution in [0.15, 0.2) is 0 Å². The van der Waals surface area contributed by atoms with Crippen molar-refractivity contribution < 1.29 is 4.43 Å². The molecule has 1 aliphatic carbocycles.